The fourth-order valence-corrected chi connectivity index (χ4v) is 0.283. The summed E-state index contributed by atoms with van der Waals surface area (Å²) in [5.74, 6) is 0.537. The molecule has 0 aromatic carbocycles. The van der Waals surface area contributed by atoms with Crippen molar-refractivity contribution in [2.45, 2.75) is 0 Å². The predicted molar refractivity (Wildman–Crippen MR) is 42.2 cm³/mol. The summed E-state index contributed by atoms with van der Waals surface area (Å²) in [4.78, 5) is 1.66. The number of azo groups is 1. The Morgan fingerprint density at radius 3 is 2.50 bits per heavy atom. The Labute approximate surface area is 61.1 Å². The molecule has 0 atom stereocenters. The van der Waals surface area contributed by atoms with Crippen molar-refractivity contribution < 1.29 is 0 Å². The first-order chi connectivity index (χ1) is 4.72. The number of hydrogen-bond acceptors (Lipinski definition) is 3. The van der Waals surface area contributed by atoms with Crippen LogP contribution in [-0.4, -0.2) is 11.9 Å². The van der Waals surface area contributed by atoms with Gasteiger partial charge >= 0.3 is 0 Å². The Hall–Kier alpha value is -1.38. The molecule has 0 aromatic heterocycles. The molecule has 54 valence electrons. The van der Waals surface area contributed by atoms with E-state index in [-0.39, 0.29) is 0 Å². The van der Waals surface area contributed by atoms with Crippen LogP contribution < -0.4 is 0 Å². The Morgan fingerprint density at radius 1 is 1.50 bits per heavy atom. The van der Waals surface area contributed by atoms with Crippen LogP contribution in [0.15, 0.2) is 48.2 Å². The van der Waals surface area contributed by atoms with Gasteiger partial charge in [-0.1, -0.05) is 19.7 Å². The van der Waals surface area contributed by atoms with Crippen LogP contribution in [0.25, 0.3) is 0 Å². The molecule has 0 N–H and O–H groups in total. The predicted octanol–water partition coefficient (Wildman–Crippen LogP) is 2.13. The van der Waals surface area contributed by atoms with E-state index in [9.17, 15) is 0 Å². The van der Waals surface area contributed by atoms with Gasteiger partial charge in [-0.25, -0.2) is 0 Å². The molecule has 0 fully saturated rings. The normalized spacial score (nSPS) is 9.30. The van der Waals surface area contributed by atoms with E-state index in [0.717, 1.165) is 0 Å². The van der Waals surface area contributed by atoms with Crippen molar-refractivity contribution in [2.24, 2.45) is 10.2 Å². The quantitative estimate of drug-likeness (QED) is 0.545. The summed E-state index contributed by atoms with van der Waals surface area (Å²) in [7, 11) is 1.79. The molecule has 0 spiro atoms. The highest BCUT2D eigenvalue weighted by Crippen LogP contribution is 1.99. The van der Waals surface area contributed by atoms with Gasteiger partial charge in [0.25, 0.3) is 0 Å². The monoisotopic (exact) mass is 137 g/mol. The maximum absolute atomic E-state index is 3.68. The van der Waals surface area contributed by atoms with E-state index in [0.29, 0.717) is 5.82 Å². The van der Waals surface area contributed by atoms with E-state index >= 15 is 0 Å². The summed E-state index contributed by atoms with van der Waals surface area (Å²) in [5, 5.41) is 7.22. The fourth-order valence-electron chi connectivity index (χ4n) is 0.283. The fraction of sp³-hybridized carbons (Fsp3) is 0.143. The van der Waals surface area contributed by atoms with Gasteiger partial charge in [-0.05, 0) is 6.20 Å². The van der Waals surface area contributed by atoms with Gasteiger partial charge in [-0.2, -0.15) is 5.11 Å². The van der Waals surface area contributed by atoms with Gasteiger partial charge in [0, 0.05) is 13.2 Å². The molecule has 0 aliphatic carbocycles. The molecule has 0 aliphatic heterocycles. The minimum atomic E-state index is 0.537. The summed E-state index contributed by atoms with van der Waals surface area (Å²) in [6.45, 7) is 10.5. The van der Waals surface area contributed by atoms with Gasteiger partial charge in [0.1, 0.15) is 5.82 Å². The third-order valence-corrected chi connectivity index (χ3v) is 0.936. The lowest BCUT2D eigenvalue weighted by Crippen LogP contribution is -2.05. The molecule has 0 heterocycles. The first kappa shape index (κ1) is 8.62. The molecule has 0 amide bonds. The molecule has 0 aromatic rings. The van der Waals surface area contributed by atoms with Gasteiger partial charge in [-0.15, -0.1) is 5.11 Å². The molecule has 0 unspecified atom stereocenters. The average Bonchev–Trinajstić information content (AvgIpc) is 1.98. The highest BCUT2D eigenvalue weighted by molar-refractivity contribution is 4.93. The second-order valence-corrected chi connectivity index (χ2v) is 1.61. The zero-order chi connectivity index (χ0) is 7.98. The van der Waals surface area contributed by atoms with Crippen molar-refractivity contribution in [2.75, 3.05) is 7.05 Å². The summed E-state index contributed by atoms with van der Waals surface area (Å²) in [5.41, 5.74) is 0. The highest BCUT2D eigenvalue weighted by Gasteiger charge is 1.91. The smallest absolute Gasteiger partial charge is 0.147 e. The molecule has 3 nitrogen and oxygen atoms in total. The zero-order valence-electron chi connectivity index (χ0n) is 6.12. The second kappa shape index (κ2) is 4.49. The number of hydrogen-bond donors (Lipinski definition) is 0. The van der Waals surface area contributed by atoms with E-state index in [1.807, 2.05) is 0 Å². The standard InChI is InChI=1S/C7H11N3/c1-5-8-9-7(3)10(4)6-2/h5-6H,1-3H2,4H3. The van der Waals surface area contributed by atoms with E-state index in [1.54, 1.807) is 18.1 Å². The first-order valence-corrected chi connectivity index (χ1v) is 2.78. The summed E-state index contributed by atoms with van der Waals surface area (Å²) < 4.78 is 0. The number of nitrogens with zero attached hydrogens (tertiary/aromatic N) is 3. The van der Waals surface area contributed by atoms with Crippen LogP contribution in [0.3, 0.4) is 0 Å². The maximum atomic E-state index is 3.68. The van der Waals surface area contributed by atoms with Crippen LogP contribution in [0, 0.1) is 0 Å². The molecule has 10 heavy (non-hydrogen) atoms. The molecule has 0 saturated heterocycles. The van der Waals surface area contributed by atoms with E-state index in [2.05, 4.69) is 30.0 Å². The average molecular weight is 137 g/mol. The summed E-state index contributed by atoms with van der Waals surface area (Å²) >= 11 is 0. The molecule has 0 saturated carbocycles. The van der Waals surface area contributed by atoms with Gasteiger partial charge < -0.3 is 4.90 Å². The minimum Gasteiger partial charge on any atom is -0.336 e. The van der Waals surface area contributed by atoms with Crippen LogP contribution in [0.1, 0.15) is 0 Å². The Bertz CT molecular complexity index is 170. The van der Waals surface area contributed by atoms with Crippen molar-refractivity contribution in [1.29, 1.82) is 0 Å². The molecule has 0 aliphatic rings. The van der Waals surface area contributed by atoms with Crippen LogP contribution in [0.4, 0.5) is 0 Å². The highest BCUT2D eigenvalue weighted by atomic mass is 15.3. The lowest BCUT2D eigenvalue weighted by molar-refractivity contribution is 0.558. The largest absolute Gasteiger partial charge is 0.336 e. The second-order valence-electron chi connectivity index (χ2n) is 1.61. The summed E-state index contributed by atoms with van der Waals surface area (Å²) in [6, 6.07) is 0. The third-order valence-electron chi connectivity index (χ3n) is 0.936. The van der Waals surface area contributed by atoms with Crippen LogP contribution in [0.2, 0.25) is 0 Å². The first-order valence-electron chi connectivity index (χ1n) is 2.78. The Morgan fingerprint density at radius 2 is 2.10 bits per heavy atom. The van der Waals surface area contributed by atoms with E-state index < -0.39 is 0 Å². The molecular weight excluding hydrogens is 126 g/mol. The molecule has 3 heteroatoms. The van der Waals surface area contributed by atoms with E-state index in [4.69, 9.17) is 0 Å². The molecule has 0 rings (SSSR count). The van der Waals surface area contributed by atoms with Crippen molar-refractivity contribution in [3.8, 4) is 0 Å². The van der Waals surface area contributed by atoms with Crippen molar-refractivity contribution >= 4 is 0 Å². The molecular formula is C7H11N3. The topological polar surface area (TPSA) is 28.0 Å². The van der Waals surface area contributed by atoms with Crippen molar-refractivity contribution in [1.82, 2.24) is 4.90 Å². The maximum Gasteiger partial charge on any atom is 0.147 e. The summed E-state index contributed by atoms with van der Waals surface area (Å²) in [6.07, 6.45) is 2.95. The molecule has 0 radical (unpaired) electrons. The lowest BCUT2D eigenvalue weighted by atomic mass is 10.7. The van der Waals surface area contributed by atoms with Crippen LogP contribution >= 0.6 is 0 Å². The Balaban J connectivity index is 3.95. The Kier molecular flexibility index (Phi) is 3.87. The van der Waals surface area contributed by atoms with Gasteiger partial charge in [0.05, 0.1) is 0 Å². The van der Waals surface area contributed by atoms with Gasteiger partial charge in [0.15, 0.2) is 0 Å². The SMILES string of the molecule is C=CN=NC(=C)N(C)C=C. The number of rotatable bonds is 4. The van der Waals surface area contributed by atoms with Crippen molar-refractivity contribution in [3.63, 3.8) is 0 Å². The van der Waals surface area contributed by atoms with Gasteiger partial charge in [0.2, 0.25) is 0 Å². The minimum absolute atomic E-state index is 0.537. The third kappa shape index (κ3) is 2.81. The lowest BCUT2D eigenvalue weighted by Gasteiger charge is -2.09. The van der Waals surface area contributed by atoms with Crippen LogP contribution in [-0.2, 0) is 0 Å². The van der Waals surface area contributed by atoms with Crippen molar-refractivity contribution in [3.05, 3.63) is 38.0 Å². The van der Waals surface area contributed by atoms with E-state index in [1.165, 1.54) is 6.20 Å². The van der Waals surface area contributed by atoms with Gasteiger partial charge in [-0.3, -0.25) is 0 Å². The molecule has 0 bridgehead atoms. The van der Waals surface area contributed by atoms with Crippen LogP contribution in [0.5, 0.6) is 0 Å². The zero-order valence-corrected chi connectivity index (χ0v) is 6.12.